The smallest absolute Gasteiger partial charge is 0.314 e. The molecule has 0 unspecified atom stereocenters. The topological polar surface area (TPSA) is 107 Å². The molecule has 1 N–H and O–H groups in total. The first kappa shape index (κ1) is 21.9. The van der Waals surface area contributed by atoms with Gasteiger partial charge in [0, 0.05) is 12.5 Å². The van der Waals surface area contributed by atoms with Gasteiger partial charge in [0.2, 0.25) is 0 Å². The van der Waals surface area contributed by atoms with Crippen LogP contribution in [-0.2, 0) is 14.3 Å². The molecule has 0 saturated carbocycles. The minimum Gasteiger partial charge on any atom is -0.452 e. The normalized spacial score (nSPS) is 11.7. The minimum absolute atomic E-state index is 0.0284. The van der Waals surface area contributed by atoms with E-state index in [-0.39, 0.29) is 11.3 Å². The van der Waals surface area contributed by atoms with Gasteiger partial charge < -0.3 is 9.84 Å². The Morgan fingerprint density at radius 2 is 1.39 bits per heavy atom. The van der Waals surface area contributed by atoms with E-state index < -0.39 is 41.7 Å². The van der Waals surface area contributed by atoms with E-state index in [0.29, 0.717) is 0 Å². The van der Waals surface area contributed by atoms with Gasteiger partial charge in [-0.25, -0.2) is 0 Å². The zero-order valence-corrected chi connectivity index (χ0v) is 16.6. The Hall–Kier alpha value is -3.84. The fourth-order valence-electron chi connectivity index (χ4n) is 3.25. The van der Waals surface area contributed by atoms with Gasteiger partial charge in [-0.3, -0.25) is 19.7 Å². The lowest BCUT2D eigenvalue weighted by Gasteiger charge is -2.19. The maximum Gasteiger partial charge on any atom is 0.314 e. The Morgan fingerprint density at radius 3 is 1.94 bits per heavy atom. The molecule has 0 amide bonds. The van der Waals surface area contributed by atoms with E-state index >= 15 is 0 Å². The molecule has 0 spiro atoms. The monoisotopic (exact) mass is 419 g/mol. The molecule has 1 atom stereocenters. The van der Waals surface area contributed by atoms with Crippen molar-refractivity contribution in [2.45, 2.75) is 25.0 Å². The first-order chi connectivity index (χ1) is 15.0. The molecule has 158 valence electrons. The van der Waals surface area contributed by atoms with Crippen LogP contribution in [0.5, 0.6) is 0 Å². The van der Waals surface area contributed by atoms with E-state index in [0.717, 1.165) is 11.1 Å². The Bertz CT molecular complexity index is 1010. The third-order valence-electron chi connectivity index (χ3n) is 4.71. The van der Waals surface area contributed by atoms with Crippen LogP contribution < -0.4 is 0 Å². The van der Waals surface area contributed by atoms with Crippen molar-refractivity contribution in [2.75, 3.05) is 0 Å². The van der Waals surface area contributed by atoms with Gasteiger partial charge in [-0.1, -0.05) is 72.8 Å². The molecule has 0 saturated heterocycles. The molecule has 0 aromatic heterocycles. The maximum absolute atomic E-state index is 12.5. The number of aliphatic hydroxyl groups is 1. The summed E-state index contributed by atoms with van der Waals surface area (Å²) in [7, 11) is 0. The van der Waals surface area contributed by atoms with Crippen LogP contribution in [0, 0.1) is 10.1 Å². The van der Waals surface area contributed by atoms with Gasteiger partial charge in [-0.15, -0.1) is 0 Å². The molecule has 3 aromatic rings. The number of para-hydroxylation sites is 1. The molecule has 7 nitrogen and oxygen atoms in total. The molecule has 0 heterocycles. The fourth-order valence-corrected chi connectivity index (χ4v) is 3.25. The predicted molar refractivity (Wildman–Crippen MR) is 113 cm³/mol. The number of ether oxygens (including phenoxy) is 1. The van der Waals surface area contributed by atoms with Crippen LogP contribution in [-0.4, -0.2) is 21.8 Å². The summed E-state index contributed by atoms with van der Waals surface area (Å²) in [5.41, 5.74) is 1.27. The Labute approximate surface area is 179 Å². The van der Waals surface area contributed by atoms with E-state index in [4.69, 9.17) is 4.74 Å². The minimum atomic E-state index is -1.39. The number of Topliss-reactive ketones (excluding diaryl/α,β-unsaturated/α-hetero) is 1. The number of hydrogen-bond donors (Lipinski definition) is 1. The number of rotatable bonds is 9. The molecule has 31 heavy (non-hydrogen) atoms. The summed E-state index contributed by atoms with van der Waals surface area (Å²) in [5.74, 6) is -1.31. The number of ketones is 1. The van der Waals surface area contributed by atoms with Gasteiger partial charge in [0.05, 0.1) is 16.6 Å². The number of carbonyl (C=O) groups excluding carboxylic acids is 2. The van der Waals surface area contributed by atoms with Crippen LogP contribution in [0.1, 0.15) is 41.7 Å². The van der Waals surface area contributed by atoms with Gasteiger partial charge in [-0.2, -0.15) is 0 Å². The largest absolute Gasteiger partial charge is 0.452 e. The van der Waals surface area contributed by atoms with Crippen LogP contribution >= 0.6 is 0 Å². The molecule has 3 rings (SSSR count). The molecular formula is C24H21NO6. The standard InChI is InChI=1S/C24H21NO6/c26-19(15-22(27)20-13-7-8-14-21(20)25(29)30)16-23(28)31-24(17-9-3-1-4-10-17)18-11-5-2-6-12-18/h1-14,22,24,27H,15-16H2/t22-/m1/s1. The van der Waals surface area contributed by atoms with E-state index in [2.05, 4.69) is 0 Å². The summed E-state index contributed by atoms with van der Waals surface area (Å²) < 4.78 is 5.59. The summed E-state index contributed by atoms with van der Waals surface area (Å²) in [6.07, 6.45) is -3.04. The zero-order valence-electron chi connectivity index (χ0n) is 16.6. The average molecular weight is 419 g/mol. The SMILES string of the molecule is O=C(CC(=O)OC(c1ccccc1)c1ccccc1)C[C@@H](O)c1ccccc1[N+](=O)[O-]. The van der Waals surface area contributed by atoms with Crippen LogP contribution in [0.25, 0.3) is 0 Å². The zero-order chi connectivity index (χ0) is 22.2. The van der Waals surface area contributed by atoms with Crippen molar-refractivity contribution in [1.82, 2.24) is 0 Å². The summed E-state index contributed by atoms with van der Waals surface area (Å²) in [5, 5.41) is 21.4. The second kappa shape index (κ2) is 10.3. The molecular weight excluding hydrogens is 398 g/mol. The average Bonchev–Trinajstić information content (AvgIpc) is 2.78. The van der Waals surface area contributed by atoms with Gasteiger partial charge in [0.15, 0.2) is 6.10 Å². The number of aliphatic hydroxyl groups excluding tert-OH is 1. The second-order valence-electron chi connectivity index (χ2n) is 6.94. The van der Waals surface area contributed by atoms with Crippen molar-refractivity contribution < 1.29 is 24.4 Å². The lowest BCUT2D eigenvalue weighted by molar-refractivity contribution is -0.386. The van der Waals surface area contributed by atoms with Gasteiger partial charge in [0.1, 0.15) is 12.2 Å². The van der Waals surface area contributed by atoms with Crippen molar-refractivity contribution in [2.24, 2.45) is 0 Å². The quantitative estimate of drug-likeness (QED) is 0.240. The number of nitrogens with zero attached hydrogens (tertiary/aromatic N) is 1. The van der Waals surface area contributed by atoms with Gasteiger partial charge >= 0.3 is 5.97 Å². The van der Waals surface area contributed by atoms with E-state index in [1.165, 1.54) is 24.3 Å². The Kier molecular flexibility index (Phi) is 7.24. The van der Waals surface area contributed by atoms with E-state index in [9.17, 15) is 24.8 Å². The van der Waals surface area contributed by atoms with Gasteiger partial charge in [-0.05, 0) is 17.2 Å². The highest BCUT2D eigenvalue weighted by molar-refractivity contribution is 5.96. The maximum atomic E-state index is 12.5. The number of benzene rings is 3. The summed E-state index contributed by atoms with van der Waals surface area (Å²) in [6, 6.07) is 23.9. The Balaban J connectivity index is 1.67. The number of nitro groups is 1. The second-order valence-corrected chi connectivity index (χ2v) is 6.94. The van der Waals surface area contributed by atoms with Crippen LogP contribution in [0.15, 0.2) is 84.9 Å². The van der Waals surface area contributed by atoms with Crippen LogP contribution in [0.3, 0.4) is 0 Å². The highest BCUT2D eigenvalue weighted by Gasteiger charge is 2.25. The third-order valence-corrected chi connectivity index (χ3v) is 4.71. The summed E-state index contributed by atoms with van der Waals surface area (Å²) in [4.78, 5) is 35.3. The molecule has 3 aromatic carbocycles. The highest BCUT2D eigenvalue weighted by atomic mass is 16.6. The van der Waals surface area contributed by atoms with Crippen molar-refractivity contribution in [3.8, 4) is 0 Å². The number of carbonyl (C=O) groups is 2. The van der Waals surface area contributed by atoms with Crippen molar-refractivity contribution in [1.29, 1.82) is 0 Å². The number of esters is 1. The van der Waals surface area contributed by atoms with Gasteiger partial charge in [0.25, 0.3) is 5.69 Å². The molecule has 0 bridgehead atoms. The lowest BCUT2D eigenvalue weighted by Crippen LogP contribution is -2.17. The van der Waals surface area contributed by atoms with E-state index in [1.54, 1.807) is 0 Å². The fraction of sp³-hybridized carbons (Fsp3) is 0.167. The molecule has 0 aliphatic rings. The highest BCUT2D eigenvalue weighted by Crippen LogP contribution is 2.29. The third kappa shape index (κ3) is 5.83. The molecule has 7 heteroatoms. The van der Waals surface area contributed by atoms with E-state index in [1.807, 2.05) is 60.7 Å². The predicted octanol–water partition coefficient (Wildman–Crippen LogP) is 4.31. The van der Waals surface area contributed by atoms with Crippen molar-refractivity contribution in [3.05, 3.63) is 112 Å². The summed E-state index contributed by atoms with van der Waals surface area (Å²) >= 11 is 0. The lowest BCUT2D eigenvalue weighted by atomic mass is 10.0. The molecule has 0 radical (unpaired) electrons. The van der Waals surface area contributed by atoms with Crippen molar-refractivity contribution in [3.63, 3.8) is 0 Å². The first-order valence-corrected chi connectivity index (χ1v) is 9.68. The molecule has 0 aliphatic heterocycles. The molecule has 0 fully saturated rings. The summed E-state index contributed by atoms with van der Waals surface area (Å²) in [6.45, 7) is 0. The number of nitro benzene ring substituents is 1. The number of hydrogen-bond acceptors (Lipinski definition) is 6. The van der Waals surface area contributed by atoms with Crippen LogP contribution in [0.2, 0.25) is 0 Å². The first-order valence-electron chi connectivity index (χ1n) is 9.68. The molecule has 0 aliphatic carbocycles. The van der Waals surface area contributed by atoms with Crippen LogP contribution in [0.4, 0.5) is 5.69 Å². The van der Waals surface area contributed by atoms with Crippen molar-refractivity contribution >= 4 is 17.4 Å². The Morgan fingerprint density at radius 1 is 0.871 bits per heavy atom.